The third kappa shape index (κ3) is 2.49. The summed E-state index contributed by atoms with van der Waals surface area (Å²) in [7, 11) is -3.40. The van der Waals surface area contributed by atoms with Crippen LogP contribution in [0, 0.1) is 0 Å². The minimum Gasteiger partial charge on any atom is -0.207 e. The fourth-order valence-electron chi connectivity index (χ4n) is 3.29. The van der Waals surface area contributed by atoms with Crippen molar-refractivity contribution in [3.8, 4) is 0 Å². The van der Waals surface area contributed by atoms with Crippen LogP contribution in [0.1, 0.15) is 36.8 Å². The maximum atomic E-state index is 12.8. The number of piperidine rings is 1. The Bertz CT molecular complexity index is 600. The van der Waals surface area contributed by atoms with Crippen LogP contribution in [0.2, 0.25) is 0 Å². The summed E-state index contributed by atoms with van der Waals surface area (Å²) in [6, 6.07) is 5.56. The predicted molar refractivity (Wildman–Crippen MR) is 80.7 cm³/mol. The van der Waals surface area contributed by atoms with E-state index in [0.717, 1.165) is 38.5 Å². The molecule has 3 rings (SSSR count). The highest BCUT2D eigenvalue weighted by Gasteiger charge is 2.33. The van der Waals surface area contributed by atoms with E-state index in [4.69, 9.17) is 11.6 Å². The molecule has 3 nitrogen and oxygen atoms in total. The monoisotopic (exact) mass is 313 g/mol. The Balaban J connectivity index is 1.94. The molecule has 0 radical (unpaired) electrons. The van der Waals surface area contributed by atoms with E-state index in [-0.39, 0.29) is 6.04 Å². The Morgan fingerprint density at radius 1 is 1.15 bits per heavy atom. The summed E-state index contributed by atoms with van der Waals surface area (Å²) >= 11 is 5.96. The van der Waals surface area contributed by atoms with Gasteiger partial charge in [0.2, 0.25) is 10.0 Å². The second-order valence-electron chi connectivity index (χ2n) is 5.70. The zero-order valence-corrected chi connectivity index (χ0v) is 13.1. The smallest absolute Gasteiger partial charge is 0.207 e. The highest BCUT2D eigenvalue weighted by Crippen LogP contribution is 2.29. The third-order valence-corrected chi connectivity index (χ3v) is 6.73. The van der Waals surface area contributed by atoms with Crippen molar-refractivity contribution in [1.82, 2.24) is 4.31 Å². The van der Waals surface area contributed by atoms with Gasteiger partial charge in [0.1, 0.15) is 0 Å². The molecule has 1 aromatic carbocycles. The summed E-state index contributed by atoms with van der Waals surface area (Å²) in [6.45, 7) is 0.594. The van der Waals surface area contributed by atoms with Crippen molar-refractivity contribution in [3.05, 3.63) is 29.3 Å². The molecule has 0 amide bonds. The number of fused-ring (bicyclic) bond motifs is 1. The van der Waals surface area contributed by atoms with Crippen molar-refractivity contribution >= 4 is 21.6 Å². The van der Waals surface area contributed by atoms with Gasteiger partial charge in [0.25, 0.3) is 0 Å². The van der Waals surface area contributed by atoms with Crippen LogP contribution in [0.15, 0.2) is 23.1 Å². The van der Waals surface area contributed by atoms with Crippen LogP contribution < -0.4 is 0 Å². The maximum absolute atomic E-state index is 12.8. The van der Waals surface area contributed by atoms with Crippen LogP contribution >= 0.6 is 11.6 Å². The number of hydrogen-bond donors (Lipinski definition) is 0. The maximum Gasteiger partial charge on any atom is 0.243 e. The molecule has 0 spiro atoms. The standard InChI is InChI=1S/C15H20ClNO2S/c16-11-14-6-1-2-9-17(14)20(18,19)15-8-7-12-4-3-5-13(12)10-15/h7-8,10,14H,1-6,9,11H2. The summed E-state index contributed by atoms with van der Waals surface area (Å²) in [6.07, 6.45) is 6.06. The number of aryl methyl sites for hydroxylation is 2. The van der Waals surface area contributed by atoms with Crippen LogP contribution in [0.25, 0.3) is 0 Å². The fourth-order valence-corrected chi connectivity index (χ4v) is 5.44. The van der Waals surface area contributed by atoms with Crippen LogP contribution in [-0.4, -0.2) is 31.2 Å². The lowest BCUT2D eigenvalue weighted by Gasteiger charge is -2.33. The molecule has 0 N–H and O–H groups in total. The first-order valence-corrected chi connectivity index (χ1v) is 9.30. The average Bonchev–Trinajstić information content (AvgIpc) is 2.94. The van der Waals surface area contributed by atoms with Crippen molar-refractivity contribution in [2.45, 2.75) is 49.5 Å². The normalized spacial score (nSPS) is 23.8. The summed E-state index contributed by atoms with van der Waals surface area (Å²) in [5.74, 6) is 0.379. The van der Waals surface area contributed by atoms with E-state index < -0.39 is 10.0 Å². The first kappa shape index (κ1) is 14.4. The zero-order valence-electron chi connectivity index (χ0n) is 11.5. The van der Waals surface area contributed by atoms with E-state index in [1.54, 1.807) is 10.4 Å². The number of rotatable bonds is 3. The molecule has 1 aromatic rings. The van der Waals surface area contributed by atoms with Gasteiger partial charge in [-0.1, -0.05) is 12.5 Å². The van der Waals surface area contributed by atoms with Gasteiger partial charge in [-0.15, -0.1) is 11.6 Å². The number of benzene rings is 1. The predicted octanol–water partition coefficient (Wildman–Crippen LogP) is 2.96. The van der Waals surface area contributed by atoms with Gasteiger partial charge in [0.15, 0.2) is 0 Å². The van der Waals surface area contributed by atoms with Crippen molar-refractivity contribution < 1.29 is 8.42 Å². The third-order valence-electron chi connectivity index (χ3n) is 4.43. The molecule has 1 aliphatic heterocycles. The molecule has 1 fully saturated rings. The molecule has 1 saturated heterocycles. The molecule has 0 aromatic heterocycles. The van der Waals surface area contributed by atoms with Gasteiger partial charge >= 0.3 is 0 Å². The molecule has 1 aliphatic carbocycles. The van der Waals surface area contributed by atoms with Crippen LogP contribution in [-0.2, 0) is 22.9 Å². The van der Waals surface area contributed by atoms with E-state index in [1.165, 1.54) is 11.1 Å². The summed E-state index contributed by atoms with van der Waals surface area (Å²) in [5.41, 5.74) is 2.50. The lowest BCUT2D eigenvalue weighted by atomic mass is 10.1. The molecule has 20 heavy (non-hydrogen) atoms. The van der Waals surface area contributed by atoms with Gasteiger partial charge in [0, 0.05) is 18.5 Å². The highest BCUT2D eigenvalue weighted by molar-refractivity contribution is 7.89. The Morgan fingerprint density at radius 3 is 2.75 bits per heavy atom. The van der Waals surface area contributed by atoms with Crippen LogP contribution in [0.3, 0.4) is 0 Å². The van der Waals surface area contributed by atoms with Gasteiger partial charge in [-0.25, -0.2) is 8.42 Å². The molecule has 1 heterocycles. The first-order valence-electron chi connectivity index (χ1n) is 7.32. The Hall–Kier alpha value is -0.580. The van der Waals surface area contributed by atoms with Crippen molar-refractivity contribution in [2.24, 2.45) is 0 Å². The Morgan fingerprint density at radius 2 is 1.95 bits per heavy atom. The second-order valence-corrected chi connectivity index (χ2v) is 7.90. The van der Waals surface area contributed by atoms with E-state index in [2.05, 4.69) is 0 Å². The second kappa shape index (κ2) is 5.66. The van der Waals surface area contributed by atoms with Crippen molar-refractivity contribution in [1.29, 1.82) is 0 Å². The van der Waals surface area contributed by atoms with Gasteiger partial charge in [0.05, 0.1) is 4.90 Å². The van der Waals surface area contributed by atoms with E-state index in [0.29, 0.717) is 17.3 Å². The number of halogens is 1. The van der Waals surface area contributed by atoms with Gasteiger partial charge in [-0.2, -0.15) is 4.31 Å². The van der Waals surface area contributed by atoms with Gasteiger partial charge in [-0.3, -0.25) is 0 Å². The van der Waals surface area contributed by atoms with E-state index in [9.17, 15) is 8.42 Å². The van der Waals surface area contributed by atoms with Crippen LogP contribution in [0.4, 0.5) is 0 Å². The van der Waals surface area contributed by atoms with Crippen molar-refractivity contribution in [3.63, 3.8) is 0 Å². The molecular weight excluding hydrogens is 294 g/mol. The minimum absolute atomic E-state index is 0.0522. The molecule has 1 atom stereocenters. The summed E-state index contributed by atoms with van der Waals surface area (Å²) < 4.78 is 27.3. The minimum atomic E-state index is -3.40. The topological polar surface area (TPSA) is 37.4 Å². The largest absolute Gasteiger partial charge is 0.243 e. The Labute approximate surface area is 126 Å². The zero-order chi connectivity index (χ0) is 14.2. The quantitative estimate of drug-likeness (QED) is 0.805. The molecule has 0 bridgehead atoms. The van der Waals surface area contributed by atoms with Gasteiger partial charge in [-0.05, 0) is 55.4 Å². The number of sulfonamides is 1. The van der Waals surface area contributed by atoms with E-state index in [1.807, 2.05) is 12.1 Å². The molecule has 2 aliphatic rings. The van der Waals surface area contributed by atoms with Crippen LogP contribution in [0.5, 0.6) is 0 Å². The molecule has 5 heteroatoms. The SMILES string of the molecule is O=S(=O)(c1ccc2c(c1)CCC2)N1CCCCC1CCl. The lowest BCUT2D eigenvalue weighted by Crippen LogP contribution is -2.44. The molecule has 1 unspecified atom stereocenters. The average molecular weight is 314 g/mol. The van der Waals surface area contributed by atoms with Gasteiger partial charge < -0.3 is 0 Å². The highest BCUT2D eigenvalue weighted by atomic mass is 35.5. The first-order chi connectivity index (χ1) is 9.63. The molecule has 110 valence electrons. The summed E-state index contributed by atoms with van der Waals surface area (Å²) in [5, 5.41) is 0. The number of hydrogen-bond acceptors (Lipinski definition) is 2. The Kier molecular flexibility index (Phi) is 4.07. The van der Waals surface area contributed by atoms with Crippen molar-refractivity contribution in [2.75, 3.05) is 12.4 Å². The molecular formula is C15H20ClNO2S. The number of nitrogens with zero attached hydrogens (tertiary/aromatic N) is 1. The molecule has 0 saturated carbocycles. The van der Waals surface area contributed by atoms with E-state index >= 15 is 0 Å². The summed E-state index contributed by atoms with van der Waals surface area (Å²) in [4.78, 5) is 0.440. The fraction of sp³-hybridized carbons (Fsp3) is 0.600. The lowest BCUT2D eigenvalue weighted by molar-refractivity contribution is 0.271. The number of alkyl halides is 1.